The summed E-state index contributed by atoms with van der Waals surface area (Å²) in [6.07, 6.45) is 2.19. The van der Waals surface area contributed by atoms with Gasteiger partial charge in [-0.2, -0.15) is 0 Å². The first-order valence-electron chi connectivity index (χ1n) is 10.2. The summed E-state index contributed by atoms with van der Waals surface area (Å²) in [4.78, 5) is 41.4. The highest BCUT2D eigenvalue weighted by Crippen LogP contribution is 2.36. The molecule has 2 fully saturated rings. The van der Waals surface area contributed by atoms with Gasteiger partial charge in [-0.25, -0.2) is 4.79 Å². The molecule has 2 aliphatic rings. The van der Waals surface area contributed by atoms with Crippen LogP contribution in [-0.4, -0.2) is 40.2 Å². The van der Waals surface area contributed by atoms with Crippen LogP contribution in [0.1, 0.15) is 36.9 Å². The summed E-state index contributed by atoms with van der Waals surface area (Å²) < 4.78 is 0. The van der Waals surface area contributed by atoms with Crippen LogP contribution in [0.3, 0.4) is 0 Å². The highest BCUT2D eigenvalue weighted by Gasteiger charge is 2.42. The lowest BCUT2D eigenvalue weighted by molar-refractivity contribution is -0.139. The van der Waals surface area contributed by atoms with Crippen molar-refractivity contribution in [2.75, 3.05) is 6.54 Å². The fourth-order valence-electron chi connectivity index (χ4n) is 3.89. The summed E-state index contributed by atoms with van der Waals surface area (Å²) in [7, 11) is 0. The lowest BCUT2D eigenvalue weighted by atomic mass is 10.1. The van der Waals surface area contributed by atoms with E-state index in [1.807, 2.05) is 37.3 Å². The Kier molecular flexibility index (Phi) is 5.77. The summed E-state index contributed by atoms with van der Waals surface area (Å²) in [5, 5.41) is 3.05. The van der Waals surface area contributed by atoms with Crippen LogP contribution in [0.4, 0.5) is 4.79 Å². The number of benzene rings is 2. The first-order chi connectivity index (χ1) is 14.5. The zero-order valence-electron chi connectivity index (χ0n) is 16.8. The molecule has 1 heterocycles. The van der Waals surface area contributed by atoms with Crippen molar-refractivity contribution in [2.24, 2.45) is 5.92 Å². The quantitative estimate of drug-likeness (QED) is 0.686. The van der Waals surface area contributed by atoms with Crippen LogP contribution in [-0.2, 0) is 16.1 Å². The second kappa shape index (κ2) is 8.48. The van der Waals surface area contributed by atoms with E-state index < -0.39 is 18.0 Å². The number of hydrogen-bond donors (Lipinski definition) is 1. The summed E-state index contributed by atoms with van der Waals surface area (Å²) in [6.45, 7) is 2.21. The van der Waals surface area contributed by atoms with Crippen molar-refractivity contribution < 1.29 is 14.4 Å². The van der Waals surface area contributed by atoms with Crippen LogP contribution in [0.25, 0.3) is 0 Å². The molecule has 1 N–H and O–H groups in total. The molecule has 2 aromatic rings. The molecule has 0 radical (unpaired) electrons. The predicted molar refractivity (Wildman–Crippen MR) is 114 cm³/mol. The van der Waals surface area contributed by atoms with E-state index in [0.29, 0.717) is 23.0 Å². The van der Waals surface area contributed by atoms with E-state index in [9.17, 15) is 14.4 Å². The van der Waals surface area contributed by atoms with Crippen LogP contribution < -0.4 is 5.32 Å². The van der Waals surface area contributed by atoms with Crippen molar-refractivity contribution in [2.45, 2.75) is 38.4 Å². The van der Waals surface area contributed by atoms with Crippen LogP contribution >= 0.6 is 11.6 Å². The SMILES string of the molecule is C[C@@H](C1CC1)N(Cc1ccccc1)C(=O)CN1C(=O)NC(c2ccccc2Cl)C1=O. The Balaban J connectivity index is 1.51. The topological polar surface area (TPSA) is 69.7 Å². The molecule has 4 amide bonds. The maximum atomic E-state index is 13.2. The minimum Gasteiger partial charge on any atom is -0.334 e. The van der Waals surface area contributed by atoms with Gasteiger partial charge in [0.1, 0.15) is 12.6 Å². The monoisotopic (exact) mass is 425 g/mol. The van der Waals surface area contributed by atoms with E-state index in [1.165, 1.54) is 0 Å². The third-order valence-corrected chi connectivity index (χ3v) is 6.19. The van der Waals surface area contributed by atoms with Crippen molar-refractivity contribution in [1.29, 1.82) is 0 Å². The lowest BCUT2D eigenvalue weighted by Crippen LogP contribution is -2.46. The van der Waals surface area contributed by atoms with E-state index in [4.69, 9.17) is 11.6 Å². The summed E-state index contributed by atoms with van der Waals surface area (Å²) in [5.41, 5.74) is 1.55. The molecule has 0 spiro atoms. The van der Waals surface area contributed by atoms with E-state index in [1.54, 1.807) is 29.2 Å². The number of imide groups is 1. The minimum absolute atomic E-state index is 0.0536. The van der Waals surface area contributed by atoms with Gasteiger partial charge in [0, 0.05) is 23.2 Å². The number of urea groups is 1. The Morgan fingerprint density at radius 3 is 2.47 bits per heavy atom. The Hall–Kier alpha value is -2.86. The Morgan fingerprint density at radius 2 is 1.80 bits per heavy atom. The zero-order valence-corrected chi connectivity index (χ0v) is 17.5. The average Bonchev–Trinajstić information content (AvgIpc) is 3.56. The molecule has 7 heteroatoms. The molecule has 1 aliphatic heterocycles. The third-order valence-electron chi connectivity index (χ3n) is 5.85. The predicted octanol–water partition coefficient (Wildman–Crippen LogP) is 3.76. The molecule has 30 heavy (non-hydrogen) atoms. The number of carbonyl (C=O) groups excluding carboxylic acids is 3. The first-order valence-corrected chi connectivity index (χ1v) is 10.5. The van der Waals surface area contributed by atoms with Gasteiger partial charge >= 0.3 is 6.03 Å². The Bertz CT molecular complexity index is 961. The molecular formula is C23H24ClN3O3. The fourth-order valence-corrected chi connectivity index (χ4v) is 4.13. The zero-order chi connectivity index (χ0) is 21.3. The van der Waals surface area contributed by atoms with Crippen molar-refractivity contribution in [3.05, 3.63) is 70.7 Å². The van der Waals surface area contributed by atoms with Gasteiger partial charge in [0.05, 0.1) is 0 Å². The highest BCUT2D eigenvalue weighted by molar-refractivity contribution is 6.31. The molecule has 6 nitrogen and oxygen atoms in total. The molecule has 2 atom stereocenters. The second-order valence-electron chi connectivity index (χ2n) is 7.91. The van der Waals surface area contributed by atoms with Gasteiger partial charge in [0.15, 0.2) is 0 Å². The average molecular weight is 426 g/mol. The number of rotatable bonds is 7. The standard InChI is InChI=1S/C23H24ClN3O3/c1-15(17-11-12-17)26(13-16-7-3-2-4-8-16)20(28)14-27-22(29)21(25-23(27)30)18-9-5-6-10-19(18)24/h2-10,15,17,21H,11-14H2,1H3,(H,25,30)/t15-,21?/m0/s1. The summed E-state index contributed by atoms with van der Waals surface area (Å²) in [5.74, 6) is -0.224. The Morgan fingerprint density at radius 1 is 1.13 bits per heavy atom. The molecule has 4 rings (SSSR count). The minimum atomic E-state index is -0.873. The van der Waals surface area contributed by atoms with Gasteiger partial charge in [-0.1, -0.05) is 60.1 Å². The van der Waals surface area contributed by atoms with Crippen molar-refractivity contribution in [3.63, 3.8) is 0 Å². The molecule has 1 saturated heterocycles. The molecule has 156 valence electrons. The fraction of sp³-hybridized carbons (Fsp3) is 0.348. The number of nitrogens with zero attached hydrogens (tertiary/aromatic N) is 2. The smallest absolute Gasteiger partial charge is 0.325 e. The molecule has 1 aliphatic carbocycles. The van der Waals surface area contributed by atoms with E-state index in [0.717, 1.165) is 23.3 Å². The van der Waals surface area contributed by atoms with Crippen molar-refractivity contribution >= 4 is 29.4 Å². The van der Waals surface area contributed by atoms with Crippen LogP contribution in [0.15, 0.2) is 54.6 Å². The molecule has 1 saturated carbocycles. The van der Waals surface area contributed by atoms with Crippen molar-refractivity contribution in [3.8, 4) is 0 Å². The number of carbonyl (C=O) groups is 3. The second-order valence-corrected chi connectivity index (χ2v) is 8.32. The largest absolute Gasteiger partial charge is 0.334 e. The number of amides is 4. The third kappa shape index (κ3) is 4.19. The van der Waals surface area contributed by atoms with Gasteiger partial charge in [-0.15, -0.1) is 0 Å². The van der Waals surface area contributed by atoms with Gasteiger partial charge in [-0.3, -0.25) is 14.5 Å². The van der Waals surface area contributed by atoms with Gasteiger partial charge in [0.2, 0.25) is 5.91 Å². The molecular weight excluding hydrogens is 402 g/mol. The Labute approximate surface area is 180 Å². The van der Waals surface area contributed by atoms with Crippen LogP contribution in [0.5, 0.6) is 0 Å². The summed E-state index contributed by atoms with van der Waals surface area (Å²) in [6, 6.07) is 15.2. The van der Waals surface area contributed by atoms with E-state index >= 15 is 0 Å². The lowest BCUT2D eigenvalue weighted by Gasteiger charge is -2.30. The highest BCUT2D eigenvalue weighted by atomic mass is 35.5. The number of nitrogens with one attached hydrogen (secondary N) is 1. The molecule has 0 aromatic heterocycles. The van der Waals surface area contributed by atoms with E-state index in [2.05, 4.69) is 5.32 Å². The maximum absolute atomic E-state index is 13.2. The normalized spacial score (nSPS) is 19.5. The van der Waals surface area contributed by atoms with Gasteiger partial charge < -0.3 is 10.2 Å². The van der Waals surface area contributed by atoms with E-state index in [-0.39, 0.29) is 18.5 Å². The van der Waals surface area contributed by atoms with Gasteiger partial charge in [-0.05, 0) is 37.3 Å². The molecule has 1 unspecified atom stereocenters. The number of halogens is 1. The van der Waals surface area contributed by atoms with Crippen LogP contribution in [0, 0.1) is 5.92 Å². The van der Waals surface area contributed by atoms with Gasteiger partial charge in [0.25, 0.3) is 5.91 Å². The molecule has 2 aromatic carbocycles. The number of hydrogen-bond acceptors (Lipinski definition) is 3. The maximum Gasteiger partial charge on any atom is 0.325 e. The van der Waals surface area contributed by atoms with Crippen molar-refractivity contribution in [1.82, 2.24) is 15.1 Å². The molecule has 0 bridgehead atoms. The first kappa shape index (κ1) is 20.4. The van der Waals surface area contributed by atoms with Crippen LogP contribution in [0.2, 0.25) is 5.02 Å². The summed E-state index contributed by atoms with van der Waals surface area (Å²) >= 11 is 6.20.